The molecule has 1 aliphatic rings. The highest BCUT2D eigenvalue weighted by Crippen LogP contribution is 2.25. The number of aromatic nitrogens is 2. The minimum Gasteiger partial charge on any atom is -0.378 e. The minimum absolute atomic E-state index is 0.00846. The van der Waals surface area contributed by atoms with Crippen LogP contribution < -0.4 is 0 Å². The van der Waals surface area contributed by atoms with E-state index in [1.54, 1.807) is 17.0 Å². The van der Waals surface area contributed by atoms with Crippen LogP contribution in [0.15, 0.2) is 57.5 Å². The molecule has 2 aromatic carbocycles. The fourth-order valence-electron chi connectivity index (χ4n) is 2.82. The summed E-state index contributed by atoms with van der Waals surface area (Å²) in [6, 6.07) is 15.0. The van der Waals surface area contributed by atoms with Crippen molar-refractivity contribution in [2.24, 2.45) is 0 Å². The van der Waals surface area contributed by atoms with Crippen molar-refractivity contribution in [3.8, 4) is 22.8 Å². The van der Waals surface area contributed by atoms with E-state index in [9.17, 15) is 4.79 Å². The van der Waals surface area contributed by atoms with E-state index in [0.717, 1.165) is 15.6 Å². The summed E-state index contributed by atoms with van der Waals surface area (Å²) in [5.74, 6) is 0.883. The number of morpholine rings is 1. The van der Waals surface area contributed by atoms with Gasteiger partial charge in [-0.15, -0.1) is 0 Å². The van der Waals surface area contributed by atoms with Gasteiger partial charge in [-0.25, -0.2) is 0 Å². The van der Waals surface area contributed by atoms with Crippen molar-refractivity contribution < 1.29 is 14.1 Å². The van der Waals surface area contributed by atoms with Crippen LogP contribution in [0.25, 0.3) is 22.8 Å². The van der Waals surface area contributed by atoms with Gasteiger partial charge in [-0.05, 0) is 30.3 Å². The van der Waals surface area contributed by atoms with E-state index >= 15 is 0 Å². The SMILES string of the molecule is O=C(c1cccc(-c2noc(-c3cccc(Br)c3)n2)c1)N1CCOCC1. The topological polar surface area (TPSA) is 68.5 Å². The van der Waals surface area contributed by atoms with Crippen molar-refractivity contribution in [1.29, 1.82) is 0 Å². The van der Waals surface area contributed by atoms with Crippen LogP contribution in [0, 0.1) is 0 Å². The summed E-state index contributed by atoms with van der Waals surface area (Å²) in [5, 5.41) is 4.06. The summed E-state index contributed by atoms with van der Waals surface area (Å²) in [7, 11) is 0. The van der Waals surface area contributed by atoms with E-state index in [0.29, 0.717) is 43.6 Å². The molecule has 26 heavy (non-hydrogen) atoms. The van der Waals surface area contributed by atoms with Crippen molar-refractivity contribution in [2.45, 2.75) is 0 Å². The summed E-state index contributed by atoms with van der Waals surface area (Å²) in [4.78, 5) is 18.9. The fourth-order valence-corrected chi connectivity index (χ4v) is 3.22. The van der Waals surface area contributed by atoms with Gasteiger partial charge in [0.05, 0.1) is 13.2 Å². The lowest BCUT2D eigenvalue weighted by molar-refractivity contribution is 0.0303. The molecule has 4 rings (SSSR count). The van der Waals surface area contributed by atoms with Gasteiger partial charge >= 0.3 is 0 Å². The smallest absolute Gasteiger partial charge is 0.258 e. The predicted octanol–water partition coefficient (Wildman–Crippen LogP) is 3.64. The molecule has 0 aliphatic carbocycles. The molecule has 0 atom stereocenters. The molecule has 1 amide bonds. The van der Waals surface area contributed by atoms with Crippen LogP contribution in [0.4, 0.5) is 0 Å². The van der Waals surface area contributed by atoms with E-state index in [2.05, 4.69) is 26.1 Å². The summed E-state index contributed by atoms with van der Waals surface area (Å²) in [5.41, 5.74) is 2.19. The first-order chi connectivity index (χ1) is 12.7. The van der Waals surface area contributed by atoms with Crippen LogP contribution in [0.5, 0.6) is 0 Å². The molecule has 0 radical (unpaired) electrons. The van der Waals surface area contributed by atoms with Gasteiger partial charge in [-0.1, -0.05) is 39.3 Å². The highest BCUT2D eigenvalue weighted by atomic mass is 79.9. The normalized spacial score (nSPS) is 14.4. The molecule has 1 saturated heterocycles. The summed E-state index contributed by atoms with van der Waals surface area (Å²) in [6.07, 6.45) is 0. The van der Waals surface area contributed by atoms with E-state index in [1.807, 2.05) is 36.4 Å². The Labute approximate surface area is 158 Å². The molecule has 1 fully saturated rings. The fraction of sp³-hybridized carbons (Fsp3) is 0.211. The van der Waals surface area contributed by atoms with Gasteiger partial charge in [0, 0.05) is 34.3 Å². The highest BCUT2D eigenvalue weighted by Gasteiger charge is 2.19. The van der Waals surface area contributed by atoms with Crippen molar-refractivity contribution in [3.63, 3.8) is 0 Å². The largest absolute Gasteiger partial charge is 0.378 e. The van der Waals surface area contributed by atoms with Crippen LogP contribution >= 0.6 is 15.9 Å². The molecule has 3 aromatic rings. The van der Waals surface area contributed by atoms with Crippen LogP contribution in [0.3, 0.4) is 0 Å². The van der Waals surface area contributed by atoms with Crippen LogP contribution in [0.1, 0.15) is 10.4 Å². The first kappa shape index (κ1) is 16.9. The summed E-state index contributed by atoms with van der Waals surface area (Å²) < 4.78 is 11.6. The van der Waals surface area contributed by atoms with Gasteiger partial charge in [-0.3, -0.25) is 4.79 Å². The lowest BCUT2D eigenvalue weighted by Crippen LogP contribution is -2.40. The molecular formula is C19H16BrN3O3. The average Bonchev–Trinajstić information content (AvgIpc) is 3.19. The Morgan fingerprint density at radius 3 is 2.62 bits per heavy atom. The maximum Gasteiger partial charge on any atom is 0.258 e. The quantitative estimate of drug-likeness (QED) is 0.655. The first-order valence-corrected chi connectivity index (χ1v) is 9.07. The van der Waals surface area contributed by atoms with E-state index in [4.69, 9.17) is 9.26 Å². The van der Waals surface area contributed by atoms with Crippen molar-refractivity contribution in [1.82, 2.24) is 15.0 Å². The monoisotopic (exact) mass is 413 g/mol. The molecular weight excluding hydrogens is 398 g/mol. The molecule has 0 bridgehead atoms. The number of carbonyl (C=O) groups is 1. The number of benzene rings is 2. The Morgan fingerprint density at radius 2 is 1.81 bits per heavy atom. The van der Waals surface area contributed by atoms with Gasteiger partial charge < -0.3 is 14.2 Å². The zero-order valence-electron chi connectivity index (χ0n) is 13.9. The van der Waals surface area contributed by atoms with Crippen LogP contribution in [-0.4, -0.2) is 47.3 Å². The maximum atomic E-state index is 12.6. The zero-order valence-corrected chi connectivity index (χ0v) is 15.5. The Kier molecular flexibility index (Phi) is 4.81. The second kappa shape index (κ2) is 7.39. The third-order valence-electron chi connectivity index (χ3n) is 4.16. The average molecular weight is 414 g/mol. The summed E-state index contributed by atoms with van der Waals surface area (Å²) in [6.45, 7) is 2.37. The Balaban J connectivity index is 1.60. The number of rotatable bonds is 3. The van der Waals surface area contributed by atoms with Gasteiger partial charge in [0.1, 0.15) is 0 Å². The highest BCUT2D eigenvalue weighted by molar-refractivity contribution is 9.10. The maximum absolute atomic E-state index is 12.6. The van der Waals surface area contributed by atoms with Gasteiger partial charge in [0.2, 0.25) is 5.82 Å². The number of ether oxygens (including phenoxy) is 1. The van der Waals surface area contributed by atoms with E-state index < -0.39 is 0 Å². The van der Waals surface area contributed by atoms with Crippen LogP contribution in [0.2, 0.25) is 0 Å². The summed E-state index contributed by atoms with van der Waals surface area (Å²) >= 11 is 3.43. The number of halogens is 1. The molecule has 1 aliphatic heterocycles. The molecule has 1 aromatic heterocycles. The zero-order chi connectivity index (χ0) is 17.9. The molecule has 0 saturated carbocycles. The second-order valence-electron chi connectivity index (χ2n) is 5.92. The van der Waals surface area contributed by atoms with E-state index in [-0.39, 0.29) is 5.91 Å². The van der Waals surface area contributed by atoms with Crippen molar-refractivity contribution in [3.05, 3.63) is 58.6 Å². The predicted molar refractivity (Wildman–Crippen MR) is 99.6 cm³/mol. The number of carbonyl (C=O) groups excluding carboxylic acids is 1. The number of hydrogen-bond acceptors (Lipinski definition) is 5. The third kappa shape index (κ3) is 3.54. The molecule has 132 valence electrons. The molecule has 0 unspecified atom stereocenters. The van der Waals surface area contributed by atoms with E-state index in [1.165, 1.54) is 0 Å². The minimum atomic E-state index is -0.00846. The van der Waals surface area contributed by atoms with Gasteiger partial charge in [0.15, 0.2) is 0 Å². The molecule has 0 spiro atoms. The standard InChI is InChI=1S/C19H16BrN3O3/c20-16-6-2-4-14(12-16)18-21-17(22-26-18)13-3-1-5-15(11-13)19(24)23-7-9-25-10-8-23/h1-6,11-12H,7-10H2. The number of hydrogen-bond donors (Lipinski definition) is 0. The lowest BCUT2D eigenvalue weighted by atomic mass is 10.1. The first-order valence-electron chi connectivity index (χ1n) is 8.28. The Morgan fingerprint density at radius 1 is 1.04 bits per heavy atom. The molecule has 0 N–H and O–H groups in total. The van der Waals surface area contributed by atoms with Crippen LogP contribution in [-0.2, 0) is 4.74 Å². The molecule has 6 nitrogen and oxygen atoms in total. The second-order valence-corrected chi connectivity index (χ2v) is 6.83. The molecule has 7 heteroatoms. The lowest BCUT2D eigenvalue weighted by Gasteiger charge is -2.26. The van der Waals surface area contributed by atoms with Gasteiger partial charge in [-0.2, -0.15) is 4.98 Å². The van der Waals surface area contributed by atoms with Crippen molar-refractivity contribution >= 4 is 21.8 Å². The Hall–Kier alpha value is -2.51. The Bertz CT molecular complexity index is 935. The van der Waals surface area contributed by atoms with Gasteiger partial charge in [0.25, 0.3) is 11.8 Å². The third-order valence-corrected chi connectivity index (χ3v) is 4.66. The van der Waals surface area contributed by atoms with Crippen molar-refractivity contribution in [2.75, 3.05) is 26.3 Å². The number of nitrogens with zero attached hydrogens (tertiary/aromatic N) is 3. The number of amides is 1. The molecule has 2 heterocycles.